The van der Waals surface area contributed by atoms with E-state index in [0.29, 0.717) is 24.7 Å². The van der Waals surface area contributed by atoms with Crippen molar-refractivity contribution in [1.82, 2.24) is 0 Å². The summed E-state index contributed by atoms with van der Waals surface area (Å²) < 4.78 is 28.1. The maximum absolute atomic E-state index is 5.75. The Hall–Kier alpha value is -0.870. The molecule has 0 spiro atoms. The Morgan fingerprint density at radius 1 is 1.00 bits per heavy atom. The third kappa shape index (κ3) is 2.00. The van der Waals surface area contributed by atoms with Gasteiger partial charge in [-0.05, 0) is 0 Å². The van der Waals surface area contributed by atoms with E-state index in [1.165, 1.54) is 7.11 Å². The Kier molecular flexibility index (Phi) is 3.27. The minimum atomic E-state index is -3.94. The summed E-state index contributed by atoms with van der Waals surface area (Å²) in [5.74, 6) is 1.16. The van der Waals surface area contributed by atoms with Crippen LogP contribution < -0.4 is 9.05 Å². The predicted octanol–water partition coefficient (Wildman–Crippen LogP) is 3.31. The van der Waals surface area contributed by atoms with Gasteiger partial charge in [0.15, 0.2) is 0 Å². The quantitative estimate of drug-likeness (QED) is 0.760. The summed E-state index contributed by atoms with van der Waals surface area (Å²) in [5.41, 5.74) is 0. The van der Waals surface area contributed by atoms with Crippen molar-refractivity contribution in [1.29, 1.82) is 0 Å². The van der Waals surface area contributed by atoms with E-state index >= 15 is 0 Å². The molecule has 1 aliphatic rings. The van der Waals surface area contributed by atoms with Crippen molar-refractivity contribution in [3.8, 4) is 11.5 Å². The van der Waals surface area contributed by atoms with E-state index in [4.69, 9.17) is 22.6 Å². The van der Waals surface area contributed by atoms with Crippen LogP contribution in [0.25, 0.3) is 0 Å². The van der Waals surface area contributed by atoms with Gasteiger partial charge in [-0.25, -0.2) is 0 Å². The number of hydrogen-bond acceptors (Lipinski definition) is 5. The molecule has 0 unspecified atom stereocenters. The molecule has 0 aliphatic carbocycles. The maximum atomic E-state index is 5.75. The van der Waals surface area contributed by atoms with Gasteiger partial charge in [-0.1, -0.05) is 0 Å². The number of hydrogen-bond donors (Lipinski definition) is 0. The fraction of sp³-hybridized carbons (Fsp3) is 0.455. The first-order valence-electron chi connectivity index (χ1n) is 5.55. The molecular formula is C11H17O5P. The second-order valence-corrected chi connectivity index (χ2v) is 6.13. The van der Waals surface area contributed by atoms with E-state index in [2.05, 4.69) is 0 Å². The molecule has 17 heavy (non-hydrogen) atoms. The van der Waals surface area contributed by atoms with Gasteiger partial charge in [0.25, 0.3) is 0 Å². The van der Waals surface area contributed by atoms with Crippen LogP contribution in [0, 0.1) is 0 Å². The van der Waals surface area contributed by atoms with Crippen LogP contribution in [0.4, 0.5) is 0 Å². The van der Waals surface area contributed by atoms with Crippen molar-refractivity contribution < 1.29 is 22.6 Å². The van der Waals surface area contributed by atoms with Crippen molar-refractivity contribution in [3.63, 3.8) is 0 Å². The minimum absolute atomic E-state index is 0.375. The summed E-state index contributed by atoms with van der Waals surface area (Å²) in [6, 6.07) is 7.29. The SMILES string of the molecule is CCOP1(OC)(OCC)Oc2ccccc2O1. The molecule has 1 aromatic rings. The molecule has 1 aliphatic heterocycles. The molecule has 0 saturated heterocycles. The molecule has 1 heterocycles. The zero-order valence-electron chi connectivity index (χ0n) is 10.2. The van der Waals surface area contributed by atoms with Crippen LogP contribution in [0.1, 0.15) is 13.8 Å². The summed E-state index contributed by atoms with van der Waals surface area (Å²) >= 11 is 0. The van der Waals surface area contributed by atoms with Gasteiger partial charge in [-0.2, -0.15) is 0 Å². The Bertz CT molecular complexity index is 374. The van der Waals surface area contributed by atoms with Gasteiger partial charge in [0, 0.05) is 0 Å². The second kappa shape index (κ2) is 4.42. The standard InChI is InChI=1S/C11H17O5P/c1-4-13-17(12-3,14-5-2)15-10-8-6-7-9-11(10)16-17/h6-9H,4-5H2,1-3H3. The monoisotopic (exact) mass is 260 g/mol. The molecule has 0 bridgehead atoms. The summed E-state index contributed by atoms with van der Waals surface area (Å²) in [4.78, 5) is 0. The zero-order valence-corrected chi connectivity index (χ0v) is 11.1. The molecule has 6 heteroatoms. The summed E-state index contributed by atoms with van der Waals surface area (Å²) in [6.45, 7) is 4.42. The molecule has 0 aromatic heterocycles. The first kappa shape index (κ1) is 12.6. The first-order chi connectivity index (χ1) is 8.17. The van der Waals surface area contributed by atoms with Gasteiger partial charge in [0.05, 0.1) is 0 Å². The van der Waals surface area contributed by atoms with Crippen LogP contribution in [-0.2, 0) is 13.6 Å². The van der Waals surface area contributed by atoms with E-state index in [1.54, 1.807) is 12.1 Å². The van der Waals surface area contributed by atoms with Crippen molar-refractivity contribution in [2.45, 2.75) is 13.8 Å². The number of para-hydroxylation sites is 2. The van der Waals surface area contributed by atoms with Gasteiger partial charge < -0.3 is 0 Å². The zero-order chi connectivity index (χ0) is 12.4. The average molecular weight is 260 g/mol. The molecule has 1 aromatic carbocycles. The summed E-state index contributed by atoms with van der Waals surface area (Å²) in [6.07, 6.45) is 0. The van der Waals surface area contributed by atoms with Gasteiger partial charge in [-0.15, -0.1) is 0 Å². The Balaban J connectivity index is 2.39. The van der Waals surface area contributed by atoms with Crippen molar-refractivity contribution >= 4 is 7.74 Å². The third-order valence-electron chi connectivity index (χ3n) is 2.32. The van der Waals surface area contributed by atoms with Crippen molar-refractivity contribution in [2.24, 2.45) is 0 Å². The fourth-order valence-corrected chi connectivity index (χ4v) is 4.15. The first-order valence-corrected chi connectivity index (χ1v) is 7.37. The molecular weight excluding hydrogens is 243 g/mol. The normalized spacial score (nSPS) is 21.7. The molecule has 0 atom stereocenters. The van der Waals surface area contributed by atoms with Crippen molar-refractivity contribution in [2.75, 3.05) is 20.3 Å². The van der Waals surface area contributed by atoms with E-state index < -0.39 is 7.74 Å². The molecule has 0 fully saturated rings. The molecule has 0 amide bonds. The van der Waals surface area contributed by atoms with E-state index in [1.807, 2.05) is 26.0 Å². The van der Waals surface area contributed by atoms with Gasteiger partial charge in [0.2, 0.25) is 0 Å². The third-order valence-corrected chi connectivity index (χ3v) is 5.27. The van der Waals surface area contributed by atoms with Crippen LogP contribution in [0.2, 0.25) is 0 Å². The van der Waals surface area contributed by atoms with E-state index in [-0.39, 0.29) is 0 Å². The average Bonchev–Trinajstić information content (AvgIpc) is 2.65. The fourth-order valence-electron chi connectivity index (χ4n) is 1.69. The van der Waals surface area contributed by atoms with Crippen LogP contribution in [0.3, 0.4) is 0 Å². The Labute approximate surface area is 101 Å². The molecule has 96 valence electrons. The van der Waals surface area contributed by atoms with Gasteiger partial charge >= 0.3 is 100 Å². The predicted molar refractivity (Wildman–Crippen MR) is 64.9 cm³/mol. The second-order valence-electron chi connectivity index (χ2n) is 3.39. The number of benzene rings is 1. The Morgan fingerprint density at radius 2 is 1.47 bits per heavy atom. The number of fused-ring (bicyclic) bond motifs is 1. The Morgan fingerprint density at radius 3 is 1.82 bits per heavy atom. The molecule has 0 saturated carbocycles. The van der Waals surface area contributed by atoms with Crippen LogP contribution >= 0.6 is 7.74 Å². The van der Waals surface area contributed by atoms with Crippen LogP contribution in [-0.4, -0.2) is 20.3 Å². The summed E-state index contributed by atoms with van der Waals surface area (Å²) in [7, 11) is -2.47. The van der Waals surface area contributed by atoms with E-state index in [9.17, 15) is 0 Å². The summed E-state index contributed by atoms with van der Waals surface area (Å²) in [5, 5.41) is 0. The van der Waals surface area contributed by atoms with Crippen LogP contribution in [0.5, 0.6) is 11.5 Å². The van der Waals surface area contributed by atoms with Crippen LogP contribution in [0.15, 0.2) is 24.3 Å². The topological polar surface area (TPSA) is 46.2 Å². The molecule has 0 radical (unpaired) electrons. The van der Waals surface area contributed by atoms with Crippen molar-refractivity contribution in [3.05, 3.63) is 24.3 Å². The van der Waals surface area contributed by atoms with E-state index in [0.717, 1.165) is 0 Å². The van der Waals surface area contributed by atoms with Gasteiger partial charge in [0.1, 0.15) is 0 Å². The van der Waals surface area contributed by atoms with Gasteiger partial charge in [-0.3, -0.25) is 0 Å². The molecule has 2 rings (SSSR count). The number of rotatable bonds is 5. The molecule has 0 N–H and O–H groups in total. The molecule has 5 nitrogen and oxygen atoms in total.